The van der Waals surface area contributed by atoms with E-state index < -0.39 is 0 Å². The molecule has 1 N–H and O–H groups in total. The van der Waals surface area contributed by atoms with E-state index in [0.29, 0.717) is 5.71 Å². The fraction of sp³-hybridized carbons (Fsp3) is 0.217. The Morgan fingerprint density at radius 1 is 1.00 bits per heavy atom. The van der Waals surface area contributed by atoms with E-state index in [-0.39, 0.29) is 0 Å². The molecule has 0 radical (unpaired) electrons. The summed E-state index contributed by atoms with van der Waals surface area (Å²) in [6.07, 6.45) is 5.43. The van der Waals surface area contributed by atoms with Crippen LogP contribution in [0, 0.1) is 0 Å². The Morgan fingerprint density at radius 2 is 1.89 bits per heavy atom. The molecule has 0 saturated heterocycles. The molecule has 1 aromatic carbocycles. The van der Waals surface area contributed by atoms with E-state index in [1.54, 1.807) is 6.20 Å². The average molecular weight is 373 g/mol. The summed E-state index contributed by atoms with van der Waals surface area (Å²) in [5.41, 5.74) is 3.71. The quantitative estimate of drug-likeness (QED) is 0.452. The molecule has 0 fully saturated rings. The van der Waals surface area contributed by atoms with E-state index >= 15 is 0 Å². The molecule has 4 rings (SSSR count). The first-order valence-corrected chi connectivity index (χ1v) is 9.59. The summed E-state index contributed by atoms with van der Waals surface area (Å²) in [6.45, 7) is 3.61. The molecule has 0 spiro atoms. The number of benzene rings is 1. The van der Waals surface area contributed by atoms with E-state index in [9.17, 15) is 0 Å². The molecule has 5 heteroatoms. The van der Waals surface area contributed by atoms with Crippen LogP contribution in [0.1, 0.15) is 19.0 Å². The lowest BCUT2D eigenvalue weighted by Gasteiger charge is -2.06. The summed E-state index contributed by atoms with van der Waals surface area (Å²) in [5, 5.41) is 4.45. The third-order valence-electron chi connectivity index (χ3n) is 4.47. The van der Waals surface area contributed by atoms with Gasteiger partial charge in [-0.1, -0.05) is 13.0 Å². The number of anilines is 1. The van der Waals surface area contributed by atoms with Crippen LogP contribution in [-0.2, 0) is 6.42 Å². The van der Waals surface area contributed by atoms with Gasteiger partial charge in [-0.25, -0.2) is 4.98 Å². The standard InChI is InChI=1S/C23H23N3O2/c1-2-15-27-19-8-6-17(7-9-19)22-16-20-21(11-14-26-23(20)28-22)25-13-10-18-5-3-4-12-24-18/h3-9,11-12,14,16H,2,10,13,15H2,1H3,(H,25,26). The van der Waals surface area contributed by atoms with Gasteiger partial charge in [-0.15, -0.1) is 0 Å². The van der Waals surface area contributed by atoms with Crippen LogP contribution in [0.3, 0.4) is 0 Å². The zero-order valence-corrected chi connectivity index (χ0v) is 15.9. The second kappa shape index (κ2) is 8.57. The van der Waals surface area contributed by atoms with E-state index in [1.165, 1.54) is 0 Å². The van der Waals surface area contributed by atoms with Gasteiger partial charge < -0.3 is 14.5 Å². The van der Waals surface area contributed by atoms with Crippen molar-refractivity contribution in [3.8, 4) is 17.1 Å². The van der Waals surface area contributed by atoms with E-state index in [1.807, 2.05) is 60.8 Å². The number of ether oxygens (including phenoxy) is 1. The van der Waals surface area contributed by atoms with Crippen molar-refractivity contribution in [1.29, 1.82) is 0 Å². The molecule has 0 atom stereocenters. The predicted molar refractivity (Wildman–Crippen MR) is 112 cm³/mol. The van der Waals surface area contributed by atoms with Gasteiger partial charge in [-0.3, -0.25) is 4.98 Å². The maximum absolute atomic E-state index is 5.98. The molecular weight excluding hydrogens is 350 g/mol. The number of hydrogen-bond acceptors (Lipinski definition) is 5. The van der Waals surface area contributed by atoms with Crippen LogP contribution in [0.2, 0.25) is 0 Å². The van der Waals surface area contributed by atoms with Gasteiger partial charge in [0.15, 0.2) is 0 Å². The summed E-state index contributed by atoms with van der Waals surface area (Å²) in [6, 6.07) is 17.9. The van der Waals surface area contributed by atoms with Crippen molar-refractivity contribution in [1.82, 2.24) is 9.97 Å². The molecule has 0 saturated carbocycles. The first-order chi connectivity index (χ1) is 13.8. The molecule has 28 heavy (non-hydrogen) atoms. The second-order valence-corrected chi connectivity index (χ2v) is 6.56. The Morgan fingerprint density at radius 3 is 2.68 bits per heavy atom. The monoisotopic (exact) mass is 373 g/mol. The Hall–Kier alpha value is -3.34. The SMILES string of the molecule is CCCOc1ccc(-c2cc3c(NCCc4ccccn4)ccnc3o2)cc1. The molecule has 0 amide bonds. The number of fused-ring (bicyclic) bond motifs is 1. The maximum Gasteiger partial charge on any atom is 0.228 e. The van der Waals surface area contributed by atoms with Gasteiger partial charge in [0.25, 0.3) is 0 Å². The fourth-order valence-electron chi connectivity index (χ4n) is 3.04. The van der Waals surface area contributed by atoms with Crippen LogP contribution < -0.4 is 10.1 Å². The van der Waals surface area contributed by atoms with Crippen LogP contribution in [0.4, 0.5) is 5.69 Å². The summed E-state index contributed by atoms with van der Waals surface area (Å²) >= 11 is 0. The number of pyridine rings is 2. The van der Waals surface area contributed by atoms with Crippen molar-refractivity contribution >= 4 is 16.8 Å². The minimum atomic E-state index is 0.629. The lowest BCUT2D eigenvalue weighted by atomic mass is 10.1. The lowest BCUT2D eigenvalue weighted by molar-refractivity contribution is 0.317. The molecule has 0 aliphatic heterocycles. The van der Waals surface area contributed by atoms with Crippen molar-refractivity contribution in [2.45, 2.75) is 19.8 Å². The molecule has 0 bridgehead atoms. The average Bonchev–Trinajstić information content (AvgIpc) is 3.19. The summed E-state index contributed by atoms with van der Waals surface area (Å²) in [4.78, 5) is 8.73. The predicted octanol–water partition coefficient (Wildman–Crippen LogP) is 5.33. The van der Waals surface area contributed by atoms with Crippen molar-refractivity contribution in [2.24, 2.45) is 0 Å². The third kappa shape index (κ3) is 4.14. The molecule has 5 nitrogen and oxygen atoms in total. The van der Waals surface area contributed by atoms with Crippen LogP contribution in [-0.4, -0.2) is 23.1 Å². The number of nitrogens with zero attached hydrogens (tertiary/aromatic N) is 2. The van der Waals surface area contributed by atoms with Gasteiger partial charge in [0.1, 0.15) is 11.5 Å². The number of nitrogens with one attached hydrogen (secondary N) is 1. The molecule has 0 aliphatic rings. The molecule has 0 unspecified atom stereocenters. The van der Waals surface area contributed by atoms with Gasteiger partial charge in [-0.05, 0) is 55.0 Å². The molecule has 4 aromatic rings. The number of rotatable bonds is 8. The van der Waals surface area contributed by atoms with Gasteiger partial charge in [0.2, 0.25) is 5.71 Å². The summed E-state index contributed by atoms with van der Waals surface area (Å²) in [7, 11) is 0. The minimum Gasteiger partial charge on any atom is -0.494 e. The molecule has 3 aromatic heterocycles. The van der Waals surface area contributed by atoms with Gasteiger partial charge in [-0.2, -0.15) is 0 Å². The zero-order valence-electron chi connectivity index (χ0n) is 15.9. The van der Waals surface area contributed by atoms with Crippen LogP contribution in [0.25, 0.3) is 22.4 Å². The number of furan rings is 1. The smallest absolute Gasteiger partial charge is 0.228 e. The highest BCUT2D eigenvalue weighted by molar-refractivity contribution is 5.91. The van der Waals surface area contributed by atoms with Crippen molar-refractivity contribution in [2.75, 3.05) is 18.5 Å². The molecule has 0 aliphatic carbocycles. The molecule has 142 valence electrons. The normalized spacial score (nSPS) is 10.9. The fourth-order valence-corrected chi connectivity index (χ4v) is 3.04. The van der Waals surface area contributed by atoms with E-state index in [0.717, 1.165) is 59.8 Å². The Bertz CT molecular complexity index is 1030. The van der Waals surface area contributed by atoms with Gasteiger partial charge >= 0.3 is 0 Å². The highest BCUT2D eigenvalue weighted by atomic mass is 16.5. The Balaban J connectivity index is 1.50. The summed E-state index contributed by atoms with van der Waals surface area (Å²) in [5.74, 6) is 1.67. The highest BCUT2D eigenvalue weighted by Gasteiger charge is 2.11. The van der Waals surface area contributed by atoms with Gasteiger partial charge in [0, 0.05) is 42.3 Å². The van der Waals surface area contributed by atoms with Gasteiger partial charge in [0.05, 0.1) is 12.0 Å². The maximum atomic E-state index is 5.98. The van der Waals surface area contributed by atoms with Crippen LogP contribution in [0.15, 0.2) is 71.4 Å². The topological polar surface area (TPSA) is 60.2 Å². The molecule has 3 heterocycles. The van der Waals surface area contributed by atoms with Crippen molar-refractivity contribution in [3.05, 3.63) is 72.7 Å². The Labute approximate surface area is 164 Å². The first kappa shape index (κ1) is 18.0. The minimum absolute atomic E-state index is 0.629. The molecular formula is C23H23N3O2. The lowest BCUT2D eigenvalue weighted by Crippen LogP contribution is -2.06. The van der Waals surface area contributed by atoms with Crippen molar-refractivity contribution in [3.63, 3.8) is 0 Å². The van der Waals surface area contributed by atoms with Crippen molar-refractivity contribution < 1.29 is 9.15 Å². The third-order valence-corrected chi connectivity index (χ3v) is 4.47. The summed E-state index contributed by atoms with van der Waals surface area (Å²) < 4.78 is 11.6. The Kier molecular flexibility index (Phi) is 5.52. The second-order valence-electron chi connectivity index (χ2n) is 6.56. The van der Waals surface area contributed by atoms with E-state index in [2.05, 4.69) is 22.2 Å². The highest BCUT2D eigenvalue weighted by Crippen LogP contribution is 2.31. The van der Waals surface area contributed by atoms with Crippen LogP contribution in [0.5, 0.6) is 5.75 Å². The number of hydrogen-bond donors (Lipinski definition) is 1. The number of aromatic nitrogens is 2. The zero-order chi connectivity index (χ0) is 19.2. The first-order valence-electron chi connectivity index (χ1n) is 9.59. The van der Waals surface area contributed by atoms with E-state index in [4.69, 9.17) is 9.15 Å². The van der Waals surface area contributed by atoms with Crippen LogP contribution >= 0.6 is 0 Å². The largest absolute Gasteiger partial charge is 0.494 e.